The van der Waals surface area contributed by atoms with Crippen molar-refractivity contribution in [2.75, 3.05) is 0 Å². The zero-order valence-corrected chi connectivity index (χ0v) is 5.32. The number of nitrogens with zero attached hydrogens (tertiary/aromatic N) is 1. The van der Waals surface area contributed by atoms with Gasteiger partial charge in [0.1, 0.15) is 0 Å². The van der Waals surface area contributed by atoms with Crippen LogP contribution in [0.5, 0.6) is 0 Å². The van der Waals surface area contributed by atoms with Crippen molar-refractivity contribution >= 4 is 24.8 Å². The van der Waals surface area contributed by atoms with E-state index in [9.17, 15) is 4.79 Å². The molecule has 1 rings (SSSR count). The second-order valence-corrected chi connectivity index (χ2v) is 1.93. The molecular formula is C7H8LiNO2. The Hall–Kier alpha value is -0.783. The van der Waals surface area contributed by atoms with E-state index in [2.05, 4.69) is 4.98 Å². The Bertz CT molecular complexity index is 225. The van der Waals surface area contributed by atoms with Gasteiger partial charge in [0.15, 0.2) is 0 Å². The molecule has 0 spiro atoms. The van der Waals surface area contributed by atoms with Crippen molar-refractivity contribution < 1.29 is 9.90 Å². The van der Waals surface area contributed by atoms with E-state index in [4.69, 9.17) is 5.11 Å². The topological polar surface area (TPSA) is 50.2 Å². The molecule has 0 aliphatic heterocycles. The van der Waals surface area contributed by atoms with Gasteiger partial charge in [-0.15, -0.1) is 0 Å². The molecule has 1 aromatic rings. The molecule has 0 atom stereocenters. The third kappa shape index (κ3) is 3.82. The first kappa shape index (κ1) is 10.2. The third-order valence-corrected chi connectivity index (χ3v) is 1.08. The number of carboxylic acids is 1. The van der Waals surface area contributed by atoms with Gasteiger partial charge >= 0.3 is 24.8 Å². The quantitative estimate of drug-likeness (QED) is 0.598. The van der Waals surface area contributed by atoms with Crippen molar-refractivity contribution in [2.24, 2.45) is 0 Å². The molecule has 1 N–H and O–H groups in total. The summed E-state index contributed by atoms with van der Waals surface area (Å²) >= 11 is 0. The van der Waals surface area contributed by atoms with Gasteiger partial charge < -0.3 is 5.11 Å². The van der Waals surface area contributed by atoms with Crippen LogP contribution in [0.25, 0.3) is 0 Å². The Kier molecular flexibility index (Phi) is 4.59. The van der Waals surface area contributed by atoms with E-state index in [1.807, 2.05) is 0 Å². The summed E-state index contributed by atoms with van der Waals surface area (Å²) in [5.74, 6) is -0.826. The summed E-state index contributed by atoms with van der Waals surface area (Å²) in [5.41, 5.74) is 0.731. The van der Waals surface area contributed by atoms with Crippen LogP contribution in [0.3, 0.4) is 0 Å². The minimum atomic E-state index is -0.826. The summed E-state index contributed by atoms with van der Waals surface area (Å²) in [5, 5.41) is 8.34. The molecule has 11 heavy (non-hydrogen) atoms. The number of carboxylic acid groups (broad SMARTS) is 1. The van der Waals surface area contributed by atoms with E-state index in [1.54, 1.807) is 24.5 Å². The van der Waals surface area contributed by atoms with Gasteiger partial charge in [-0.05, 0) is 11.6 Å². The van der Waals surface area contributed by atoms with E-state index in [-0.39, 0.29) is 25.3 Å². The van der Waals surface area contributed by atoms with E-state index >= 15 is 0 Å². The Morgan fingerprint density at radius 2 is 2.36 bits per heavy atom. The van der Waals surface area contributed by atoms with Crippen LogP contribution in [0.2, 0.25) is 0 Å². The van der Waals surface area contributed by atoms with Crippen LogP contribution < -0.4 is 0 Å². The first-order valence-electron chi connectivity index (χ1n) is 2.90. The molecule has 0 aliphatic carbocycles. The van der Waals surface area contributed by atoms with Gasteiger partial charge in [-0.2, -0.15) is 0 Å². The molecule has 0 unspecified atom stereocenters. The molecule has 0 fully saturated rings. The maximum absolute atomic E-state index is 10.1. The van der Waals surface area contributed by atoms with Crippen LogP contribution in [-0.4, -0.2) is 34.9 Å². The van der Waals surface area contributed by atoms with Gasteiger partial charge in [-0.25, -0.2) is 0 Å². The normalized spacial score (nSPS) is 8.36. The molecule has 4 heteroatoms. The molecule has 1 heterocycles. The SMILES string of the molecule is O=C(O)Cc1cccnc1.[LiH]. The fourth-order valence-electron chi connectivity index (χ4n) is 0.677. The number of carbonyl (C=O) groups is 1. The number of aromatic nitrogens is 1. The van der Waals surface area contributed by atoms with Gasteiger partial charge in [-0.1, -0.05) is 6.07 Å². The van der Waals surface area contributed by atoms with Crippen molar-refractivity contribution in [2.45, 2.75) is 6.42 Å². The zero-order chi connectivity index (χ0) is 7.40. The van der Waals surface area contributed by atoms with Gasteiger partial charge in [0.05, 0.1) is 6.42 Å². The van der Waals surface area contributed by atoms with Crippen molar-refractivity contribution in [3.8, 4) is 0 Å². The molecule has 0 amide bonds. The molecule has 0 bridgehead atoms. The summed E-state index contributed by atoms with van der Waals surface area (Å²) in [6.07, 6.45) is 3.22. The summed E-state index contributed by atoms with van der Waals surface area (Å²) < 4.78 is 0. The second-order valence-electron chi connectivity index (χ2n) is 1.93. The molecule has 0 saturated carbocycles. The van der Waals surface area contributed by atoms with Gasteiger partial charge in [0.25, 0.3) is 0 Å². The fourth-order valence-corrected chi connectivity index (χ4v) is 0.677. The Morgan fingerprint density at radius 1 is 1.64 bits per heavy atom. The van der Waals surface area contributed by atoms with Gasteiger partial charge in [0.2, 0.25) is 0 Å². The molecule has 0 aromatic carbocycles. The average Bonchev–Trinajstić information content (AvgIpc) is 1.88. The molecule has 54 valence electrons. The molecule has 0 saturated heterocycles. The van der Waals surface area contributed by atoms with Crippen molar-refractivity contribution in [1.29, 1.82) is 0 Å². The monoisotopic (exact) mass is 145 g/mol. The maximum atomic E-state index is 10.1. The third-order valence-electron chi connectivity index (χ3n) is 1.08. The summed E-state index contributed by atoms with van der Waals surface area (Å²) in [6.45, 7) is 0. The summed E-state index contributed by atoms with van der Waals surface area (Å²) in [6, 6.07) is 3.46. The number of hydrogen-bond acceptors (Lipinski definition) is 2. The zero-order valence-electron chi connectivity index (χ0n) is 5.32. The molecule has 3 nitrogen and oxygen atoms in total. The Morgan fingerprint density at radius 3 is 2.82 bits per heavy atom. The van der Waals surface area contributed by atoms with Gasteiger partial charge in [0, 0.05) is 12.4 Å². The van der Waals surface area contributed by atoms with Crippen LogP contribution in [0.4, 0.5) is 0 Å². The van der Waals surface area contributed by atoms with Crippen LogP contribution in [-0.2, 0) is 11.2 Å². The van der Waals surface area contributed by atoms with Gasteiger partial charge in [-0.3, -0.25) is 9.78 Å². The van der Waals surface area contributed by atoms with Crippen molar-refractivity contribution in [3.63, 3.8) is 0 Å². The number of rotatable bonds is 2. The van der Waals surface area contributed by atoms with E-state index in [0.717, 1.165) is 5.56 Å². The molecule has 0 aliphatic rings. The first-order chi connectivity index (χ1) is 4.79. The average molecular weight is 145 g/mol. The molecule has 1 aromatic heterocycles. The van der Waals surface area contributed by atoms with Crippen molar-refractivity contribution in [3.05, 3.63) is 30.1 Å². The predicted molar refractivity (Wildman–Crippen MR) is 42.7 cm³/mol. The molecular weight excluding hydrogens is 137 g/mol. The first-order valence-corrected chi connectivity index (χ1v) is 2.90. The number of pyridine rings is 1. The Balaban J connectivity index is 0.000001000. The standard InChI is InChI=1S/C7H7NO2.Li.H/c9-7(10)4-6-2-1-3-8-5-6;;/h1-3,5H,4H2,(H,9,10);;. The van der Waals surface area contributed by atoms with Crippen LogP contribution in [0.1, 0.15) is 5.56 Å². The van der Waals surface area contributed by atoms with Crippen LogP contribution >= 0.6 is 0 Å². The predicted octanol–water partition coefficient (Wildman–Crippen LogP) is 0.0602. The fraction of sp³-hybridized carbons (Fsp3) is 0.143. The number of aliphatic carboxylic acids is 1. The minimum absolute atomic E-state index is 0. The Labute approximate surface area is 76.6 Å². The second kappa shape index (κ2) is 4.95. The van der Waals surface area contributed by atoms with E-state index in [0.29, 0.717) is 0 Å². The van der Waals surface area contributed by atoms with Crippen LogP contribution in [0.15, 0.2) is 24.5 Å². The van der Waals surface area contributed by atoms with Crippen LogP contribution in [0, 0.1) is 0 Å². The van der Waals surface area contributed by atoms with E-state index < -0.39 is 5.97 Å². The van der Waals surface area contributed by atoms with Crippen molar-refractivity contribution in [1.82, 2.24) is 4.98 Å². The summed E-state index contributed by atoms with van der Waals surface area (Å²) in [4.78, 5) is 13.9. The number of hydrogen-bond donors (Lipinski definition) is 1. The molecule has 0 radical (unpaired) electrons. The van der Waals surface area contributed by atoms with E-state index in [1.165, 1.54) is 0 Å². The summed E-state index contributed by atoms with van der Waals surface area (Å²) in [7, 11) is 0.